The molecule has 0 radical (unpaired) electrons. The van der Waals surface area contributed by atoms with E-state index in [-0.39, 0.29) is 11.5 Å². The van der Waals surface area contributed by atoms with Crippen molar-refractivity contribution in [2.24, 2.45) is 4.99 Å². The van der Waals surface area contributed by atoms with Gasteiger partial charge >= 0.3 is 0 Å². The minimum Gasteiger partial charge on any atom is -0.508 e. The van der Waals surface area contributed by atoms with Crippen LogP contribution in [0.3, 0.4) is 0 Å². The van der Waals surface area contributed by atoms with Gasteiger partial charge in [-0.15, -0.1) is 10.2 Å². The molecule has 0 atom stereocenters. The molecule has 5 rings (SSSR count). The summed E-state index contributed by atoms with van der Waals surface area (Å²) in [7, 11) is 0. The van der Waals surface area contributed by atoms with Gasteiger partial charge in [-0.2, -0.15) is 0 Å². The van der Waals surface area contributed by atoms with Gasteiger partial charge in [0.25, 0.3) is 0 Å². The highest BCUT2D eigenvalue weighted by Gasteiger charge is 2.12. The fourth-order valence-electron chi connectivity index (χ4n) is 3.44. The van der Waals surface area contributed by atoms with Crippen LogP contribution in [0.15, 0.2) is 71.7 Å². The molecule has 0 unspecified atom stereocenters. The Morgan fingerprint density at radius 2 is 1.59 bits per heavy atom. The third kappa shape index (κ3) is 3.21. The minimum absolute atomic E-state index is 0.00373. The van der Waals surface area contributed by atoms with E-state index in [2.05, 4.69) is 56.2 Å². The second kappa shape index (κ2) is 7.03. The summed E-state index contributed by atoms with van der Waals surface area (Å²) in [5, 5.41) is 31.4. The summed E-state index contributed by atoms with van der Waals surface area (Å²) in [6.07, 6.45) is 1.51. The maximum absolute atomic E-state index is 9.86. The Morgan fingerprint density at radius 3 is 2.28 bits per heavy atom. The summed E-state index contributed by atoms with van der Waals surface area (Å²) in [6, 6.07) is 21.0. The molecule has 0 amide bonds. The lowest BCUT2D eigenvalue weighted by molar-refractivity contribution is 0.450. The van der Waals surface area contributed by atoms with E-state index >= 15 is 0 Å². The zero-order valence-electron chi connectivity index (χ0n) is 15.2. The van der Waals surface area contributed by atoms with Gasteiger partial charge in [0.1, 0.15) is 16.5 Å². The van der Waals surface area contributed by atoms with E-state index in [1.807, 2.05) is 12.1 Å². The number of benzene rings is 3. The van der Waals surface area contributed by atoms with E-state index in [0.717, 1.165) is 16.0 Å². The van der Waals surface area contributed by atoms with Gasteiger partial charge in [-0.3, -0.25) is 0 Å². The summed E-state index contributed by atoms with van der Waals surface area (Å²) >= 11 is 1.40. The molecular weight excluding hydrogens is 384 g/mol. The monoisotopic (exact) mass is 400 g/mol. The molecule has 7 heteroatoms. The van der Waals surface area contributed by atoms with Crippen LogP contribution in [-0.2, 0) is 6.54 Å². The lowest BCUT2D eigenvalue weighted by atomic mass is 10.2. The number of aromatic hydroxyl groups is 2. The number of nitrogens with zero attached hydrogens (tertiary/aromatic N) is 4. The predicted molar refractivity (Wildman–Crippen MR) is 115 cm³/mol. The van der Waals surface area contributed by atoms with E-state index in [4.69, 9.17) is 0 Å². The molecule has 0 saturated heterocycles. The quantitative estimate of drug-likeness (QED) is 0.422. The van der Waals surface area contributed by atoms with E-state index in [1.54, 1.807) is 6.07 Å². The predicted octanol–water partition coefficient (Wildman–Crippen LogP) is 4.86. The van der Waals surface area contributed by atoms with Gasteiger partial charge in [0.2, 0.25) is 5.13 Å². The smallest absolute Gasteiger partial charge is 0.231 e. The van der Waals surface area contributed by atoms with Crippen LogP contribution >= 0.6 is 11.3 Å². The SMILES string of the molecule is Oc1ccc(C=Nc2nnc(Cn3c4ccccc4c4ccccc43)s2)c(O)c1. The van der Waals surface area contributed by atoms with Gasteiger partial charge in [0, 0.05) is 39.7 Å². The van der Waals surface area contributed by atoms with E-state index < -0.39 is 0 Å². The molecule has 0 aliphatic rings. The number of hydrogen-bond acceptors (Lipinski definition) is 6. The van der Waals surface area contributed by atoms with Gasteiger partial charge in [-0.1, -0.05) is 47.7 Å². The number of phenolic OH excluding ortho intramolecular Hbond substituents is 2. The van der Waals surface area contributed by atoms with Crippen LogP contribution in [0.2, 0.25) is 0 Å². The van der Waals surface area contributed by atoms with Crippen LogP contribution in [0, 0.1) is 0 Å². The Kier molecular flexibility index (Phi) is 4.22. The lowest BCUT2D eigenvalue weighted by Gasteiger charge is -2.04. The van der Waals surface area contributed by atoms with E-state index in [1.165, 1.54) is 40.5 Å². The van der Waals surface area contributed by atoms with Crippen LogP contribution in [0.25, 0.3) is 21.8 Å². The van der Waals surface area contributed by atoms with E-state index in [0.29, 0.717) is 17.2 Å². The molecule has 3 aromatic carbocycles. The molecular formula is C22H16N4O2S. The number of fused-ring (bicyclic) bond motifs is 3. The van der Waals surface area contributed by atoms with Gasteiger partial charge in [-0.05, 0) is 24.3 Å². The average Bonchev–Trinajstić information content (AvgIpc) is 3.31. The molecule has 5 aromatic rings. The van der Waals surface area contributed by atoms with Crippen LogP contribution in [0.4, 0.5) is 5.13 Å². The number of hydrogen-bond donors (Lipinski definition) is 2. The topological polar surface area (TPSA) is 83.5 Å². The maximum Gasteiger partial charge on any atom is 0.231 e. The fraction of sp³-hybridized carbons (Fsp3) is 0.0455. The largest absolute Gasteiger partial charge is 0.508 e. The van der Waals surface area contributed by atoms with Gasteiger partial charge < -0.3 is 14.8 Å². The van der Waals surface area contributed by atoms with Crippen molar-refractivity contribution >= 4 is 44.5 Å². The number of aromatic nitrogens is 3. The molecule has 0 saturated carbocycles. The zero-order chi connectivity index (χ0) is 19.8. The van der Waals surface area contributed by atoms with Crippen LogP contribution < -0.4 is 0 Å². The Bertz CT molecular complexity index is 1320. The first-order valence-electron chi connectivity index (χ1n) is 9.03. The van der Waals surface area contributed by atoms with Crippen molar-refractivity contribution in [1.82, 2.24) is 14.8 Å². The summed E-state index contributed by atoms with van der Waals surface area (Å²) in [5.74, 6) is -0.0344. The molecule has 2 heterocycles. The molecule has 0 bridgehead atoms. The first-order valence-corrected chi connectivity index (χ1v) is 9.85. The molecule has 29 heavy (non-hydrogen) atoms. The number of phenols is 2. The Morgan fingerprint density at radius 1 is 0.897 bits per heavy atom. The highest BCUT2D eigenvalue weighted by atomic mass is 32.1. The molecule has 0 fully saturated rings. The van der Waals surface area contributed by atoms with Crippen molar-refractivity contribution in [1.29, 1.82) is 0 Å². The first-order chi connectivity index (χ1) is 14.2. The number of rotatable bonds is 4. The Balaban J connectivity index is 1.47. The standard InChI is InChI=1S/C22H16N4O2S/c27-15-10-9-14(20(28)11-15)12-23-22-25-24-21(29-22)13-26-18-7-3-1-5-16(18)17-6-2-4-8-19(17)26/h1-12,27-28H,13H2. The van der Waals surface area contributed by atoms with Crippen LogP contribution in [0.1, 0.15) is 10.6 Å². The maximum atomic E-state index is 9.86. The minimum atomic E-state index is -0.0382. The molecule has 2 aromatic heterocycles. The molecule has 2 N–H and O–H groups in total. The highest BCUT2D eigenvalue weighted by molar-refractivity contribution is 7.14. The van der Waals surface area contributed by atoms with Crippen LogP contribution in [0.5, 0.6) is 11.5 Å². The van der Waals surface area contributed by atoms with Crippen molar-refractivity contribution in [2.75, 3.05) is 0 Å². The van der Waals surface area contributed by atoms with Gasteiger partial charge in [-0.25, -0.2) is 4.99 Å². The summed E-state index contributed by atoms with van der Waals surface area (Å²) in [5.41, 5.74) is 2.81. The van der Waals surface area contributed by atoms with Gasteiger partial charge in [0.05, 0.1) is 6.54 Å². The average molecular weight is 400 g/mol. The highest BCUT2D eigenvalue weighted by Crippen LogP contribution is 2.30. The summed E-state index contributed by atoms with van der Waals surface area (Å²) < 4.78 is 2.24. The second-order valence-corrected chi connectivity index (χ2v) is 7.64. The first kappa shape index (κ1) is 17.4. The third-order valence-corrected chi connectivity index (χ3v) is 5.57. The van der Waals surface area contributed by atoms with Crippen molar-refractivity contribution in [3.63, 3.8) is 0 Å². The zero-order valence-corrected chi connectivity index (χ0v) is 16.0. The van der Waals surface area contributed by atoms with Gasteiger partial charge in [0.15, 0.2) is 0 Å². The second-order valence-electron chi connectivity index (χ2n) is 6.60. The fourth-order valence-corrected chi connectivity index (χ4v) is 4.11. The Hall–Kier alpha value is -3.71. The summed E-state index contributed by atoms with van der Waals surface area (Å²) in [4.78, 5) is 4.31. The van der Waals surface area contributed by atoms with Crippen molar-refractivity contribution in [2.45, 2.75) is 6.54 Å². The number of para-hydroxylation sites is 2. The van der Waals surface area contributed by atoms with E-state index in [9.17, 15) is 10.2 Å². The van der Waals surface area contributed by atoms with Crippen molar-refractivity contribution in [3.8, 4) is 11.5 Å². The molecule has 142 valence electrons. The van der Waals surface area contributed by atoms with Crippen molar-refractivity contribution in [3.05, 3.63) is 77.3 Å². The molecule has 0 aliphatic carbocycles. The number of aliphatic imine (C=N–C) groups is 1. The normalized spacial score (nSPS) is 11.7. The molecule has 0 spiro atoms. The third-order valence-electron chi connectivity index (χ3n) is 4.76. The Labute approximate surface area is 170 Å². The summed E-state index contributed by atoms with van der Waals surface area (Å²) in [6.45, 7) is 0.603. The van der Waals surface area contributed by atoms with Crippen LogP contribution in [-0.4, -0.2) is 31.2 Å². The van der Waals surface area contributed by atoms with Crippen molar-refractivity contribution < 1.29 is 10.2 Å². The molecule has 0 aliphatic heterocycles. The lowest BCUT2D eigenvalue weighted by Crippen LogP contribution is -1.98. The molecule has 6 nitrogen and oxygen atoms in total.